The molecular weight excluding hydrogens is 342 g/mol. The van der Waals surface area contributed by atoms with Gasteiger partial charge in [-0.2, -0.15) is 4.52 Å². The molecule has 4 rings (SSSR count). The highest BCUT2D eigenvalue weighted by Gasteiger charge is 2.17. The van der Waals surface area contributed by atoms with Crippen molar-refractivity contribution in [3.05, 3.63) is 53.9 Å². The maximum atomic E-state index is 5.48. The van der Waals surface area contributed by atoms with E-state index in [1.54, 1.807) is 18.7 Å². The van der Waals surface area contributed by atoms with E-state index in [-0.39, 0.29) is 0 Å². The Labute approximate surface area is 156 Å². The molecule has 2 heterocycles. The maximum absolute atomic E-state index is 5.48. The summed E-state index contributed by atoms with van der Waals surface area (Å²) in [6.07, 6.45) is 0.741. The van der Waals surface area contributed by atoms with E-state index in [4.69, 9.17) is 14.6 Å². The molecule has 0 unspecified atom stereocenters. The number of aromatic nitrogens is 4. The average Bonchev–Trinajstić information content (AvgIpc) is 3.14. The molecule has 0 saturated heterocycles. The summed E-state index contributed by atoms with van der Waals surface area (Å²) >= 11 is 0. The topological polar surface area (TPSA) is 73.6 Å². The molecule has 138 valence electrons. The van der Waals surface area contributed by atoms with Crippen molar-refractivity contribution in [2.24, 2.45) is 0 Å². The zero-order valence-corrected chi connectivity index (χ0v) is 15.6. The number of aryl methyl sites for hydroxylation is 1. The fraction of sp³-hybridized carbons (Fsp3) is 0.250. The van der Waals surface area contributed by atoms with E-state index in [0.29, 0.717) is 23.7 Å². The smallest absolute Gasteiger partial charge is 0.185 e. The maximum Gasteiger partial charge on any atom is 0.185 e. The van der Waals surface area contributed by atoms with E-state index in [1.165, 1.54) is 5.56 Å². The fourth-order valence-corrected chi connectivity index (χ4v) is 3.13. The van der Waals surface area contributed by atoms with Crippen LogP contribution in [0.2, 0.25) is 0 Å². The second kappa shape index (κ2) is 7.11. The van der Waals surface area contributed by atoms with Crippen molar-refractivity contribution < 1.29 is 9.47 Å². The minimum atomic E-state index is 0.646. The molecule has 0 saturated carbocycles. The fourth-order valence-electron chi connectivity index (χ4n) is 3.13. The molecule has 0 aliphatic rings. The summed E-state index contributed by atoms with van der Waals surface area (Å²) in [5, 5.41) is 18.6. The Morgan fingerprint density at radius 2 is 1.67 bits per heavy atom. The number of nitrogens with one attached hydrogen (secondary N) is 1. The lowest BCUT2D eigenvalue weighted by Gasteiger charge is -2.14. The zero-order chi connectivity index (χ0) is 18.8. The van der Waals surface area contributed by atoms with Crippen molar-refractivity contribution in [2.45, 2.75) is 19.9 Å². The average molecular weight is 363 g/mol. The van der Waals surface area contributed by atoms with Crippen LogP contribution in [0.25, 0.3) is 16.4 Å². The third-order valence-electron chi connectivity index (χ3n) is 4.54. The van der Waals surface area contributed by atoms with Crippen molar-refractivity contribution in [3.8, 4) is 11.5 Å². The molecule has 0 bridgehead atoms. The van der Waals surface area contributed by atoms with Crippen LogP contribution in [0.5, 0.6) is 11.5 Å². The summed E-state index contributed by atoms with van der Waals surface area (Å²) < 4.78 is 12.7. The van der Waals surface area contributed by atoms with Gasteiger partial charge in [-0.25, -0.2) is 0 Å². The minimum absolute atomic E-state index is 0.646. The van der Waals surface area contributed by atoms with Gasteiger partial charge in [-0.3, -0.25) is 0 Å². The third-order valence-corrected chi connectivity index (χ3v) is 4.54. The van der Waals surface area contributed by atoms with Crippen molar-refractivity contribution in [3.63, 3.8) is 0 Å². The second-order valence-corrected chi connectivity index (χ2v) is 6.15. The number of hydrogen-bond donors (Lipinski definition) is 1. The molecule has 7 nitrogen and oxygen atoms in total. The number of ether oxygens (including phenoxy) is 2. The largest absolute Gasteiger partial charge is 0.493 e. The van der Waals surface area contributed by atoms with Crippen molar-refractivity contribution >= 4 is 22.2 Å². The van der Waals surface area contributed by atoms with Gasteiger partial charge in [0.25, 0.3) is 0 Å². The SMILES string of the molecule is CCc1nnc2c3cc(OC)c(OC)cc3c(NCc3ccccc3)nn12. The molecular formula is C20H21N5O2. The van der Waals surface area contributed by atoms with Gasteiger partial charge in [0, 0.05) is 23.7 Å². The van der Waals surface area contributed by atoms with Gasteiger partial charge < -0.3 is 14.8 Å². The molecule has 2 aromatic heterocycles. The van der Waals surface area contributed by atoms with Crippen LogP contribution in [0.1, 0.15) is 18.3 Å². The Hall–Kier alpha value is -3.35. The van der Waals surface area contributed by atoms with Gasteiger partial charge in [0.05, 0.1) is 14.2 Å². The molecule has 0 aliphatic heterocycles. The lowest BCUT2D eigenvalue weighted by atomic mass is 10.1. The van der Waals surface area contributed by atoms with E-state index in [2.05, 4.69) is 27.6 Å². The van der Waals surface area contributed by atoms with Crippen LogP contribution < -0.4 is 14.8 Å². The van der Waals surface area contributed by atoms with Crippen LogP contribution in [-0.4, -0.2) is 34.0 Å². The van der Waals surface area contributed by atoms with Crippen molar-refractivity contribution in [2.75, 3.05) is 19.5 Å². The molecule has 0 atom stereocenters. The number of fused-ring (bicyclic) bond motifs is 3. The highest BCUT2D eigenvalue weighted by atomic mass is 16.5. The Kier molecular flexibility index (Phi) is 4.50. The molecule has 2 aromatic carbocycles. The lowest BCUT2D eigenvalue weighted by Crippen LogP contribution is -2.07. The molecule has 0 spiro atoms. The Balaban J connectivity index is 1.90. The summed E-state index contributed by atoms with van der Waals surface area (Å²) in [6, 6.07) is 14.1. The van der Waals surface area contributed by atoms with Crippen LogP contribution >= 0.6 is 0 Å². The van der Waals surface area contributed by atoms with E-state index >= 15 is 0 Å². The number of hydrogen-bond acceptors (Lipinski definition) is 6. The number of nitrogens with zero attached hydrogens (tertiary/aromatic N) is 4. The van der Waals surface area contributed by atoms with Crippen LogP contribution in [0.15, 0.2) is 42.5 Å². The van der Waals surface area contributed by atoms with Gasteiger partial charge >= 0.3 is 0 Å². The van der Waals surface area contributed by atoms with Gasteiger partial charge in [0.1, 0.15) is 0 Å². The molecule has 7 heteroatoms. The minimum Gasteiger partial charge on any atom is -0.493 e. The van der Waals surface area contributed by atoms with Gasteiger partial charge in [0.15, 0.2) is 28.8 Å². The number of anilines is 1. The first-order chi connectivity index (χ1) is 13.2. The molecule has 0 amide bonds. The van der Waals surface area contributed by atoms with E-state index in [9.17, 15) is 0 Å². The third kappa shape index (κ3) is 3.01. The van der Waals surface area contributed by atoms with E-state index < -0.39 is 0 Å². The predicted octanol–water partition coefficient (Wildman–Crippen LogP) is 3.47. The molecule has 0 fully saturated rings. The van der Waals surface area contributed by atoms with Gasteiger partial charge in [-0.15, -0.1) is 15.3 Å². The van der Waals surface area contributed by atoms with Gasteiger partial charge in [-0.1, -0.05) is 37.3 Å². The van der Waals surface area contributed by atoms with Crippen LogP contribution in [-0.2, 0) is 13.0 Å². The standard InChI is InChI=1S/C20H21N5O2/c1-4-18-22-23-20-15-11-17(27-3)16(26-2)10-14(15)19(24-25(18)20)21-12-13-8-6-5-7-9-13/h5-11H,4,12H2,1-3H3,(H,21,24). The Bertz CT molecular complexity index is 1090. The van der Waals surface area contributed by atoms with Crippen molar-refractivity contribution in [1.82, 2.24) is 19.8 Å². The quantitative estimate of drug-likeness (QED) is 0.565. The van der Waals surface area contributed by atoms with Crippen LogP contribution in [0.3, 0.4) is 0 Å². The number of methoxy groups -OCH3 is 2. The first-order valence-corrected chi connectivity index (χ1v) is 8.83. The predicted molar refractivity (Wildman–Crippen MR) is 105 cm³/mol. The summed E-state index contributed by atoms with van der Waals surface area (Å²) in [7, 11) is 3.25. The normalized spacial score (nSPS) is 11.1. The monoisotopic (exact) mass is 363 g/mol. The molecule has 0 aliphatic carbocycles. The molecule has 27 heavy (non-hydrogen) atoms. The van der Waals surface area contributed by atoms with Crippen LogP contribution in [0.4, 0.5) is 5.82 Å². The van der Waals surface area contributed by atoms with E-state index in [1.807, 2.05) is 37.3 Å². The zero-order valence-electron chi connectivity index (χ0n) is 15.6. The summed E-state index contributed by atoms with van der Waals surface area (Å²) in [6.45, 7) is 2.69. The number of benzene rings is 2. The molecule has 1 N–H and O–H groups in total. The Morgan fingerprint density at radius 3 is 2.33 bits per heavy atom. The highest BCUT2D eigenvalue weighted by Crippen LogP contribution is 2.36. The summed E-state index contributed by atoms with van der Waals surface area (Å²) in [5.41, 5.74) is 1.88. The lowest BCUT2D eigenvalue weighted by molar-refractivity contribution is 0.356. The van der Waals surface area contributed by atoms with Gasteiger partial charge in [-0.05, 0) is 17.7 Å². The molecule has 4 aromatic rings. The first-order valence-electron chi connectivity index (χ1n) is 8.83. The highest BCUT2D eigenvalue weighted by molar-refractivity contribution is 6.01. The Morgan fingerprint density at radius 1 is 0.963 bits per heavy atom. The molecule has 0 radical (unpaired) electrons. The van der Waals surface area contributed by atoms with Crippen molar-refractivity contribution in [1.29, 1.82) is 0 Å². The summed E-state index contributed by atoms with van der Waals surface area (Å²) in [5.74, 6) is 2.85. The first kappa shape index (κ1) is 17.1. The summed E-state index contributed by atoms with van der Waals surface area (Å²) in [4.78, 5) is 0. The van der Waals surface area contributed by atoms with E-state index in [0.717, 1.165) is 28.8 Å². The number of rotatable bonds is 6. The second-order valence-electron chi connectivity index (χ2n) is 6.15. The van der Waals surface area contributed by atoms with Gasteiger partial charge in [0.2, 0.25) is 0 Å². The van der Waals surface area contributed by atoms with Crippen LogP contribution in [0, 0.1) is 0 Å².